The van der Waals surface area contributed by atoms with Crippen LogP contribution in [0.15, 0.2) is 42.5 Å². The second-order valence-electron chi connectivity index (χ2n) is 5.60. The van der Waals surface area contributed by atoms with Gasteiger partial charge in [-0.15, -0.1) is 0 Å². The molecule has 0 aliphatic carbocycles. The number of nitro benzene ring substituents is 1. The van der Waals surface area contributed by atoms with Gasteiger partial charge in [0.05, 0.1) is 15.6 Å². The minimum atomic E-state index is -0.564. The van der Waals surface area contributed by atoms with Gasteiger partial charge in [0.25, 0.3) is 11.6 Å². The number of unbranched alkanes of at least 4 members (excludes halogenated alkanes) is 1. The van der Waals surface area contributed by atoms with Gasteiger partial charge in [-0.2, -0.15) is 0 Å². The topological polar surface area (TPSA) is 101 Å². The van der Waals surface area contributed by atoms with Crippen LogP contribution in [0.1, 0.15) is 36.5 Å². The summed E-state index contributed by atoms with van der Waals surface area (Å²) in [6.45, 7) is 2.01. The molecule has 0 saturated carbocycles. The summed E-state index contributed by atoms with van der Waals surface area (Å²) in [5, 5.41) is 16.1. The third-order valence-corrected chi connectivity index (χ3v) is 3.91. The summed E-state index contributed by atoms with van der Waals surface area (Å²) in [7, 11) is 0. The van der Waals surface area contributed by atoms with E-state index in [2.05, 4.69) is 10.6 Å². The predicted molar refractivity (Wildman–Crippen MR) is 101 cm³/mol. The summed E-state index contributed by atoms with van der Waals surface area (Å²) in [5.41, 5.74) is 1.09. The molecular weight excluding hydrogens is 358 g/mol. The Morgan fingerprint density at radius 2 is 1.81 bits per heavy atom. The van der Waals surface area contributed by atoms with Gasteiger partial charge >= 0.3 is 0 Å². The van der Waals surface area contributed by atoms with Gasteiger partial charge in [0.1, 0.15) is 0 Å². The lowest BCUT2D eigenvalue weighted by Gasteiger charge is -2.08. The zero-order valence-corrected chi connectivity index (χ0v) is 14.9. The minimum absolute atomic E-state index is 0.0679. The number of carbonyl (C=O) groups is 2. The summed E-state index contributed by atoms with van der Waals surface area (Å²) < 4.78 is 0. The number of nitro groups is 1. The number of benzene rings is 2. The molecule has 0 heterocycles. The number of hydrogen-bond donors (Lipinski definition) is 2. The second-order valence-corrected chi connectivity index (χ2v) is 6.01. The highest BCUT2D eigenvalue weighted by Gasteiger charge is 2.13. The molecule has 2 aromatic carbocycles. The largest absolute Gasteiger partial charge is 0.326 e. The Kier molecular flexibility index (Phi) is 6.68. The molecule has 7 nitrogen and oxygen atoms in total. The van der Waals surface area contributed by atoms with Crippen molar-refractivity contribution >= 4 is 40.5 Å². The van der Waals surface area contributed by atoms with Crippen molar-refractivity contribution < 1.29 is 14.5 Å². The minimum Gasteiger partial charge on any atom is -0.326 e. The molecule has 0 aliphatic heterocycles. The fourth-order valence-corrected chi connectivity index (χ4v) is 2.40. The molecule has 2 N–H and O–H groups in total. The van der Waals surface area contributed by atoms with Crippen molar-refractivity contribution in [2.24, 2.45) is 0 Å². The normalized spacial score (nSPS) is 10.2. The van der Waals surface area contributed by atoms with Gasteiger partial charge in [-0.1, -0.05) is 24.9 Å². The van der Waals surface area contributed by atoms with Crippen LogP contribution in [0.4, 0.5) is 17.1 Å². The van der Waals surface area contributed by atoms with E-state index in [0.717, 1.165) is 12.8 Å². The van der Waals surface area contributed by atoms with Crippen LogP contribution in [0.2, 0.25) is 5.02 Å². The van der Waals surface area contributed by atoms with Gasteiger partial charge in [-0.25, -0.2) is 0 Å². The number of amides is 2. The molecule has 0 saturated heterocycles. The van der Waals surface area contributed by atoms with Crippen LogP contribution >= 0.6 is 11.6 Å². The average molecular weight is 376 g/mol. The number of rotatable bonds is 7. The van der Waals surface area contributed by atoms with E-state index in [-0.39, 0.29) is 22.3 Å². The first-order valence-corrected chi connectivity index (χ1v) is 8.43. The molecule has 2 amide bonds. The lowest BCUT2D eigenvalue weighted by molar-refractivity contribution is -0.384. The number of non-ortho nitro benzene ring substituents is 1. The molecule has 0 aliphatic rings. The number of anilines is 2. The number of hydrogen-bond acceptors (Lipinski definition) is 4. The molecular formula is C18H18ClN3O4. The molecule has 8 heteroatoms. The van der Waals surface area contributed by atoms with Crippen LogP contribution in [0.25, 0.3) is 0 Å². The fourth-order valence-electron chi connectivity index (χ4n) is 2.18. The Hall–Kier alpha value is -2.93. The standard InChI is InChI=1S/C18H18ClN3O4/c1-2-3-4-17(23)20-13-7-5-12(6-8-13)18(24)21-16-10-9-14(22(25)26)11-15(16)19/h5-11H,2-4H2,1H3,(H,20,23)(H,21,24). The first kappa shape index (κ1) is 19.4. The van der Waals surface area contributed by atoms with Crippen LogP contribution in [-0.4, -0.2) is 16.7 Å². The molecule has 0 radical (unpaired) electrons. The lowest BCUT2D eigenvalue weighted by atomic mass is 10.1. The van der Waals surface area contributed by atoms with Crippen LogP contribution in [0.3, 0.4) is 0 Å². The van der Waals surface area contributed by atoms with Crippen molar-refractivity contribution in [3.63, 3.8) is 0 Å². The van der Waals surface area contributed by atoms with Gasteiger partial charge in [0, 0.05) is 29.8 Å². The van der Waals surface area contributed by atoms with E-state index in [0.29, 0.717) is 17.7 Å². The molecule has 26 heavy (non-hydrogen) atoms. The number of carbonyl (C=O) groups excluding carboxylic acids is 2. The number of nitrogens with zero attached hydrogens (tertiary/aromatic N) is 1. The third-order valence-electron chi connectivity index (χ3n) is 3.60. The van der Waals surface area contributed by atoms with Gasteiger partial charge in [0.2, 0.25) is 5.91 Å². The van der Waals surface area contributed by atoms with Crippen molar-refractivity contribution in [1.82, 2.24) is 0 Å². The Morgan fingerprint density at radius 1 is 1.12 bits per heavy atom. The van der Waals surface area contributed by atoms with Crippen LogP contribution in [-0.2, 0) is 4.79 Å². The highest BCUT2D eigenvalue weighted by Crippen LogP contribution is 2.27. The van der Waals surface area contributed by atoms with E-state index < -0.39 is 10.8 Å². The van der Waals surface area contributed by atoms with E-state index in [1.807, 2.05) is 6.92 Å². The zero-order valence-electron chi connectivity index (χ0n) is 14.1. The van der Waals surface area contributed by atoms with Crippen molar-refractivity contribution in [1.29, 1.82) is 0 Å². The summed E-state index contributed by atoms with van der Waals surface area (Å²) in [4.78, 5) is 34.1. The Balaban J connectivity index is 2.02. The van der Waals surface area contributed by atoms with Crippen LogP contribution in [0.5, 0.6) is 0 Å². The average Bonchev–Trinajstić information content (AvgIpc) is 2.62. The van der Waals surface area contributed by atoms with E-state index in [1.54, 1.807) is 24.3 Å². The number of halogens is 1. The monoisotopic (exact) mass is 375 g/mol. The molecule has 0 fully saturated rings. The SMILES string of the molecule is CCCCC(=O)Nc1ccc(C(=O)Nc2ccc([N+](=O)[O-])cc2Cl)cc1. The fraction of sp³-hybridized carbons (Fsp3) is 0.222. The molecule has 0 bridgehead atoms. The molecule has 0 aromatic heterocycles. The van der Waals surface area contributed by atoms with Crippen molar-refractivity contribution in [3.8, 4) is 0 Å². The molecule has 2 aromatic rings. The maximum atomic E-state index is 12.3. The van der Waals surface area contributed by atoms with Crippen molar-refractivity contribution in [3.05, 3.63) is 63.2 Å². The molecule has 0 atom stereocenters. The quantitative estimate of drug-likeness (QED) is 0.544. The van der Waals surface area contributed by atoms with E-state index in [9.17, 15) is 19.7 Å². The van der Waals surface area contributed by atoms with Gasteiger partial charge in [0.15, 0.2) is 0 Å². The zero-order chi connectivity index (χ0) is 19.1. The second kappa shape index (κ2) is 8.96. The lowest BCUT2D eigenvalue weighted by Crippen LogP contribution is -2.13. The Labute approximate surface area is 155 Å². The maximum absolute atomic E-state index is 12.3. The summed E-state index contributed by atoms with van der Waals surface area (Å²) in [6.07, 6.45) is 2.22. The van der Waals surface area contributed by atoms with Crippen molar-refractivity contribution in [2.75, 3.05) is 10.6 Å². The third kappa shape index (κ3) is 5.29. The van der Waals surface area contributed by atoms with Crippen LogP contribution in [0, 0.1) is 10.1 Å². The highest BCUT2D eigenvalue weighted by molar-refractivity contribution is 6.34. The van der Waals surface area contributed by atoms with E-state index >= 15 is 0 Å². The first-order chi connectivity index (χ1) is 12.4. The summed E-state index contributed by atoms with van der Waals surface area (Å²) >= 11 is 5.96. The summed E-state index contributed by atoms with van der Waals surface area (Å²) in [5.74, 6) is -0.480. The molecule has 136 valence electrons. The first-order valence-electron chi connectivity index (χ1n) is 8.06. The van der Waals surface area contributed by atoms with Crippen LogP contribution < -0.4 is 10.6 Å². The van der Waals surface area contributed by atoms with E-state index in [1.165, 1.54) is 18.2 Å². The predicted octanol–water partition coefficient (Wildman–Crippen LogP) is 4.63. The van der Waals surface area contributed by atoms with Gasteiger partial charge in [-0.05, 0) is 36.8 Å². The maximum Gasteiger partial charge on any atom is 0.271 e. The molecule has 0 unspecified atom stereocenters. The number of nitrogens with one attached hydrogen (secondary N) is 2. The Bertz CT molecular complexity index is 822. The van der Waals surface area contributed by atoms with Gasteiger partial charge < -0.3 is 10.6 Å². The molecule has 0 spiro atoms. The highest BCUT2D eigenvalue weighted by atomic mass is 35.5. The molecule has 2 rings (SSSR count). The van der Waals surface area contributed by atoms with Crippen molar-refractivity contribution in [2.45, 2.75) is 26.2 Å². The van der Waals surface area contributed by atoms with E-state index in [4.69, 9.17) is 11.6 Å². The summed E-state index contributed by atoms with van der Waals surface area (Å²) in [6, 6.07) is 10.2. The van der Waals surface area contributed by atoms with Gasteiger partial charge in [-0.3, -0.25) is 19.7 Å². The Morgan fingerprint density at radius 3 is 2.38 bits per heavy atom. The smallest absolute Gasteiger partial charge is 0.271 e.